The summed E-state index contributed by atoms with van der Waals surface area (Å²) in [5.41, 5.74) is 2.10. The lowest BCUT2D eigenvalue weighted by molar-refractivity contribution is -0.116. The lowest BCUT2D eigenvalue weighted by Crippen LogP contribution is -2.15. The number of carbonyl (C=O) groups is 1. The summed E-state index contributed by atoms with van der Waals surface area (Å²) in [6, 6.07) is 8.38. The van der Waals surface area contributed by atoms with Gasteiger partial charge >= 0.3 is 0 Å². The van der Waals surface area contributed by atoms with Crippen LogP contribution in [0.2, 0.25) is 0 Å². The molecule has 1 unspecified atom stereocenters. The second kappa shape index (κ2) is 7.44. The molecular weight excluding hydrogens is 248 g/mol. The molecule has 2 N–H and O–H groups in total. The summed E-state index contributed by atoms with van der Waals surface area (Å²) in [6.07, 6.45) is 6.99. The smallest absolute Gasteiger partial charge is 0.224 e. The molecule has 1 fully saturated rings. The van der Waals surface area contributed by atoms with E-state index in [0.29, 0.717) is 12.5 Å². The van der Waals surface area contributed by atoms with Gasteiger partial charge in [-0.2, -0.15) is 0 Å². The van der Waals surface area contributed by atoms with Crippen molar-refractivity contribution in [1.29, 1.82) is 0 Å². The average Bonchev–Trinajstić information content (AvgIpc) is 2.98. The molecule has 1 saturated carbocycles. The quantitative estimate of drug-likeness (QED) is 0.826. The Hall–Kier alpha value is -1.35. The fraction of sp³-hybridized carbons (Fsp3) is 0.588. The van der Waals surface area contributed by atoms with E-state index in [9.17, 15) is 4.79 Å². The molecule has 1 aliphatic rings. The maximum absolute atomic E-state index is 12.0. The van der Waals surface area contributed by atoms with Crippen molar-refractivity contribution >= 4 is 11.6 Å². The SMILES string of the molecule is CNC(C)c1cccc(NC(=O)CCC2CCCC2)c1. The van der Waals surface area contributed by atoms with Crippen LogP contribution in [0.1, 0.15) is 57.1 Å². The molecule has 0 aromatic heterocycles. The Balaban J connectivity index is 1.83. The number of carbonyl (C=O) groups excluding carboxylic acids is 1. The number of amides is 1. The van der Waals surface area contributed by atoms with Gasteiger partial charge in [-0.1, -0.05) is 37.8 Å². The third kappa shape index (κ3) is 4.34. The molecular formula is C17H26N2O. The van der Waals surface area contributed by atoms with Crippen LogP contribution in [0.4, 0.5) is 5.69 Å². The van der Waals surface area contributed by atoms with E-state index in [1.165, 1.54) is 31.2 Å². The van der Waals surface area contributed by atoms with Crippen molar-refractivity contribution in [3.8, 4) is 0 Å². The van der Waals surface area contributed by atoms with E-state index in [1.807, 2.05) is 19.2 Å². The van der Waals surface area contributed by atoms with Gasteiger partial charge in [0.2, 0.25) is 5.91 Å². The molecule has 2 rings (SSSR count). The molecule has 0 aliphatic heterocycles. The standard InChI is InChI=1S/C17H26N2O/c1-13(18-2)15-8-5-9-16(12-15)19-17(20)11-10-14-6-3-4-7-14/h5,8-9,12-14,18H,3-4,6-7,10-11H2,1-2H3,(H,19,20). The first-order chi connectivity index (χ1) is 9.69. The minimum absolute atomic E-state index is 0.145. The van der Waals surface area contributed by atoms with E-state index in [0.717, 1.165) is 18.0 Å². The Labute approximate surface area is 122 Å². The summed E-state index contributed by atoms with van der Waals surface area (Å²) in [5, 5.41) is 6.23. The molecule has 0 radical (unpaired) electrons. The third-order valence-corrected chi connectivity index (χ3v) is 4.36. The number of hydrogen-bond donors (Lipinski definition) is 2. The van der Waals surface area contributed by atoms with Crippen LogP contribution in [-0.2, 0) is 4.79 Å². The first kappa shape index (κ1) is 15.0. The van der Waals surface area contributed by atoms with Gasteiger partial charge in [0.25, 0.3) is 0 Å². The largest absolute Gasteiger partial charge is 0.326 e. The molecule has 3 heteroatoms. The number of rotatable bonds is 6. The summed E-state index contributed by atoms with van der Waals surface area (Å²) in [7, 11) is 1.94. The van der Waals surface area contributed by atoms with E-state index >= 15 is 0 Å². The minimum atomic E-state index is 0.145. The van der Waals surface area contributed by atoms with Crippen LogP contribution in [0.3, 0.4) is 0 Å². The third-order valence-electron chi connectivity index (χ3n) is 4.36. The molecule has 0 spiro atoms. The zero-order chi connectivity index (χ0) is 14.4. The maximum Gasteiger partial charge on any atom is 0.224 e. The molecule has 0 bridgehead atoms. The van der Waals surface area contributed by atoms with Gasteiger partial charge in [0.05, 0.1) is 0 Å². The second-order valence-electron chi connectivity index (χ2n) is 5.87. The van der Waals surface area contributed by atoms with Crippen molar-refractivity contribution in [2.45, 2.75) is 51.5 Å². The van der Waals surface area contributed by atoms with E-state index in [-0.39, 0.29) is 5.91 Å². The number of hydrogen-bond acceptors (Lipinski definition) is 2. The van der Waals surface area contributed by atoms with Crippen LogP contribution >= 0.6 is 0 Å². The molecule has 1 atom stereocenters. The summed E-state index contributed by atoms with van der Waals surface area (Å²) < 4.78 is 0. The Bertz CT molecular complexity index is 438. The predicted octanol–water partition coefficient (Wildman–Crippen LogP) is 3.88. The Morgan fingerprint density at radius 1 is 1.35 bits per heavy atom. The van der Waals surface area contributed by atoms with Crippen LogP contribution in [0.5, 0.6) is 0 Å². The van der Waals surface area contributed by atoms with Crippen LogP contribution in [0, 0.1) is 5.92 Å². The van der Waals surface area contributed by atoms with Crippen LogP contribution in [0.15, 0.2) is 24.3 Å². The molecule has 110 valence electrons. The molecule has 1 aromatic carbocycles. The molecule has 0 heterocycles. The molecule has 0 saturated heterocycles. The Morgan fingerprint density at radius 2 is 2.10 bits per heavy atom. The molecule has 1 aliphatic carbocycles. The van der Waals surface area contributed by atoms with Crippen molar-refractivity contribution in [1.82, 2.24) is 5.32 Å². The second-order valence-corrected chi connectivity index (χ2v) is 5.87. The van der Waals surface area contributed by atoms with Crippen LogP contribution in [0.25, 0.3) is 0 Å². The van der Waals surface area contributed by atoms with E-state index < -0.39 is 0 Å². The number of benzene rings is 1. The Kier molecular flexibility index (Phi) is 5.60. The maximum atomic E-state index is 12.0. The Morgan fingerprint density at radius 3 is 2.80 bits per heavy atom. The zero-order valence-electron chi connectivity index (χ0n) is 12.6. The van der Waals surface area contributed by atoms with Gasteiger partial charge in [-0.15, -0.1) is 0 Å². The highest BCUT2D eigenvalue weighted by molar-refractivity contribution is 5.90. The first-order valence-corrected chi connectivity index (χ1v) is 7.76. The highest BCUT2D eigenvalue weighted by atomic mass is 16.1. The van der Waals surface area contributed by atoms with Crippen molar-refractivity contribution in [2.24, 2.45) is 5.92 Å². The van der Waals surface area contributed by atoms with Gasteiger partial charge in [0.15, 0.2) is 0 Å². The molecule has 20 heavy (non-hydrogen) atoms. The zero-order valence-corrected chi connectivity index (χ0v) is 12.6. The lowest BCUT2D eigenvalue weighted by atomic mass is 10.0. The normalized spacial score (nSPS) is 17.1. The summed E-state index contributed by atoms with van der Waals surface area (Å²) in [6.45, 7) is 2.11. The van der Waals surface area contributed by atoms with E-state index in [1.54, 1.807) is 0 Å². The molecule has 1 amide bonds. The predicted molar refractivity (Wildman–Crippen MR) is 83.7 cm³/mol. The van der Waals surface area contributed by atoms with Gasteiger partial charge in [0.1, 0.15) is 0 Å². The van der Waals surface area contributed by atoms with E-state index in [4.69, 9.17) is 0 Å². The van der Waals surface area contributed by atoms with Gasteiger partial charge in [-0.3, -0.25) is 4.79 Å². The van der Waals surface area contributed by atoms with Crippen molar-refractivity contribution in [3.63, 3.8) is 0 Å². The van der Waals surface area contributed by atoms with E-state index in [2.05, 4.69) is 29.7 Å². The highest BCUT2D eigenvalue weighted by Crippen LogP contribution is 2.28. The average molecular weight is 274 g/mol. The van der Waals surface area contributed by atoms with Crippen molar-refractivity contribution in [2.75, 3.05) is 12.4 Å². The minimum Gasteiger partial charge on any atom is -0.326 e. The highest BCUT2D eigenvalue weighted by Gasteiger charge is 2.16. The van der Waals surface area contributed by atoms with Gasteiger partial charge in [-0.25, -0.2) is 0 Å². The number of nitrogens with one attached hydrogen (secondary N) is 2. The lowest BCUT2D eigenvalue weighted by Gasteiger charge is -2.13. The topological polar surface area (TPSA) is 41.1 Å². The fourth-order valence-corrected chi connectivity index (χ4v) is 2.91. The van der Waals surface area contributed by atoms with Crippen molar-refractivity contribution in [3.05, 3.63) is 29.8 Å². The van der Waals surface area contributed by atoms with Gasteiger partial charge in [-0.05, 0) is 44.0 Å². The fourth-order valence-electron chi connectivity index (χ4n) is 2.91. The monoisotopic (exact) mass is 274 g/mol. The first-order valence-electron chi connectivity index (χ1n) is 7.76. The van der Waals surface area contributed by atoms with Gasteiger partial charge < -0.3 is 10.6 Å². The summed E-state index contributed by atoms with van der Waals surface area (Å²) in [5.74, 6) is 0.919. The van der Waals surface area contributed by atoms with Crippen LogP contribution in [-0.4, -0.2) is 13.0 Å². The molecule has 1 aromatic rings. The van der Waals surface area contributed by atoms with Gasteiger partial charge in [0, 0.05) is 18.2 Å². The van der Waals surface area contributed by atoms with Crippen LogP contribution < -0.4 is 10.6 Å². The summed E-state index contributed by atoms with van der Waals surface area (Å²) in [4.78, 5) is 12.0. The summed E-state index contributed by atoms with van der Waals surface area (Å²) >= 11 is 0. The molecule has 3 nitrogen and oxygen atoms in total. The van der Waals surface area contributed by atoms with Crippen molar-refractivity contribution < 1.29 is 4.79 Å². The number of anilines is 1.